The lowest BCUT2D eigenvalue weighted by molar-refractivity contribution is -0.207. The topological polar surface area (TPSA) is 92.4 Å². The lowest BCUT2D eigenvalue weighted by Gasteiger charge is -2.29. The fourth-order valence-corrected chi connectivity index (χ4v) is 0.722. The van der Waals surface area contributed by atoms with E-state index in [1.165, 1.54) is 12.2 Å². The minimum Gasteiger partial charge on any atom is -0.479 e. The van der Waals surface area contributed by atoms with Crippen molar-refractivity contribution in [1.29, 1.82) is 0 Å². The van der Waals surface area contributed by atoms with E-state index in [1.807, 2.05) is 0 Å². The number of carboxylic acids is 1. The summed E-state index contributed by atoms with van der Waals surface area (Å²) in [6, 6.07) is 0. The molecule has 0 aliphatic heterocycles. The van der Waals surface area contributed by atoms with Crippen molar-refractivity contribution in [2.24, 2.45) is 11.7 Å². The van der Waals surface area contributed by atoms with Crippen LogP contribution in [0.5, 0.6) is 0 Å². The standard InChI is InChI=1S/C8H13F3N2O3/c1-4(3-12)5(14)13-7(2,6(15)16)8(9,10)11/h4H,3,12H2,1-2H3,(H,13,14)(H,15,16). The number of alkyl halides is 3. The Balaban J connectivity index is 4.99. The van der Waals surface area contributed by atoms with E-state index in [0.717, 1.165) is 0 Å². The lowest BCUT2D eigenvalue weighted by Crippen LogP contribution is -2.63. The summed E-state index contributed by atoms with van der Waals surface area (Å²) in [7, 11) is 0. The van der Waals surface area contributed by atoms with Crippen molar-refractivity contribution in [3.05, 3.63) is 0 Å². The number of halogens is 3. The van der Waals surface area contributed by atoms with Crippen molar-refractivity contribution in [1.82, 2.24) is 5.32 Å². The van der Waals surface area contributed by atoms with Gasteiger partial charge < -0.3 is 16.2 Å². The zero-order valence-electron chi connectivity index (χ0n) is 8.76. The second kappa shape index (κ2) is 4.69. The first-order valence-corrected chi connectivity index (χ1v) is 4.38. The highest BCUT2D eigenvalue weighted by atomic mass is 19.4. The van der Waals surface area contributed by atoms with Crippen molar-refractivity contribution in [2.45, 2.75) is 25.6 Å². The van der Waals surface area contributed by atoms with Gasteiger partial charge in [-0.1, -0.05) is 6.92 Å². The maximum atomic E-state index is 12.5. The number of rotatable bonds is 4. The summed E-state index contributed by atoms with van der Waals surface area (Å²) in [5.74, 6) is -4.11. The summed E-state index contributed by atoms with van der Waals surface area (Å²) in [6.45, 7) is 1.52. The van der Waals surface area contributed by atoms with E-state index in [0.29, 0.717) is 6.92 Å². The maximum Gasteiger partial charge on any atom is 0.422 e. The Morgan fingerprint density at radius 1 is 1.44 bits per heavy atom. The maximum absolute atomic E-state index is 12.5. The first-order chi connectivity index (χ1) is 7.06. The summed E-state index contributed by atoms with van der Waals surface area (Å²) < 4.78 is 37.4. The van der Waals surface area contributed by atoms with Crippen LogP contribution in [-0.4, -0.2) is 35.2 Å². The Bertz CT molecular complexity index is 293. The van der Waals surface area contributed by atoms with Gasteiger partial charge in [0.1, 0.15) is 0 Å². The Hall–Kier alpha value is -1.31. The van der Waals surface area contributed by atoms with Gasteiger partial charge in [0.05, 0.1) is 0 Å². The Morgan fingerprint density at radius 2 is 1.88 bits per heavy atom. The van der Waals surface area contributed by atoms with E-state index in [9.17, 15) is 22.8 Å². The molecule has 0 aliphatic rings. The fourth-order valence-electron chi connectivity index (χ4n) is 0.722. The summed E-state index contributed by atoms with van der Waals surface area (Å²) in [5.41, 5.74) is 1.79. The minimum absolute atomic E-state index is 0.167. The smallest absolute Gasteiger partial charge is 0.422 e. The zero-order valence-corrected chi connectivity index (χ0v) is 8.76. The third kappa shape index (κ3) is 2.84. The summed E-state index contributed by atoms with van der Waals surface area (Å²) in [6.07, 6.45) is -5.08. The molecule has 0 aliphatic carbocycles. The van der Waals surface area contributed by atoms with Crippen LogP contribution in [0, 0.1) is 5.92 Å². The highest BCUT2D eigenvalue weighted by Crippen LogP contribution is 2.30. The number of aliphatic carboxylic acids is 1. The average Bonchev–Trinajstić information content (AvgIpc) is 2.14. The number of carbonyl (C=O) groups is 2. The molecule has 0 fully saturated rings. The van der Waals surface area contributed by atoms with Gasteiger partial charge in [-0.3, -0.25) is 4.79 Å². The molecule has 0 spiro atoms. The van der Waals surface area contributed by atoms with Crippen LogP contribution >= 0.6 is 0 Å². The van der Waals surface area contributed by atoms with Gasteiger partial charge in [0.2, 0.25) is 11.4 Å². The van der Waals surface area contributed by atoms with Crippen LogP contribution in [0.3, 0.4) is 0 Å². The van der Waals surface area contributed by atoms with Gasteiger partial charge >= 0.3 is 12.1 Å². The van der Waals surface area contributed by atoms with Crippen LogP contribution in [0.2, 0.25) is 0 Å². The number of hydrogen-bond acceptors (Lipinski definition) is 3. The summed E-state index contributed by atoms with van der Waals surface area (Å²) in [4.78, 5) is 21.7. The molecule has 0 aromatic carbocycles. The van der Waals surface area contributed by atoms with E-state index < -0.39 is 29.5 Å². The molecule has 2 unspecified atom stereocenters. The monoisotopic (exact) mass is 242 g/mol. The largest absolute Gasteiger partial charge is 0.479 e. The third-order valence-electron chi connectivity index (χ3n) is 2.17. The molecule has 1 amide bonds. The molecular formula is C8H13F3N2O3. The molecule has 0 bridgehead atoms. The van der Waals surface area contributed by atoms with Crippen LogP contribution in [0.25, 0.3) is 0 Å². The van der Waals surface area contributed by atoms with Gasteiger partial charge in [0, 0.05) is 12.5 Å². The van der Waals surface area contributed by atoms with E-state index >= 15 is 0 Å². The van der Waals surface area contributed by atoms with Gasteiger partial charge in [-0.2, -0.15) is 13.2 Å². The average molecular weight is 242 g/mol. The van der Waals surface area contributed by atoms with Gasteiger partial charge in [0.15, 0.2) is 0 Å². The summed E-state index contributed by atoms with van der Waals surface area (Å²) >= 11 is 0. The van der Waals surface area contributed by atoms with Crippen molar-refractivity contribution in [3.8, 4) is 0 Å². The second-order valence-corrected chi connectivity index (χ2v) is 3.55. The number of carboxylic acid groups (broad SMARTS) is 1. The molecule has 0 saturated carbocycles. The molecule has 0 rings (SSSR count). The predicted molar refractivity (Wildman–Crippen MR) is 48.5 cm³/mol. The number of nitrogens with two attached hydrogens (primary N) is 1. The van der Waals surface area contributed by atoms with E-state index in [-0.39, 0.29) is 6.54 Å². The van der Waals surface area contributed by atoms with E-state index in [1.54, 1.807) is 0 Å². The SMILES string of the molecule is CC(CN)C(=O)NC(C)(C(=O)O)C(F)(F)F. The molecule has 8 heteroatoms. The molecule has 4 N–H and O–H groups in total. The first kappa shape index (κ1) is 14.7. The minimum atomic E-state index is -5.08. The van der Waals surface area contributed by atoms with Gasteiger partial charge in [-0.25, -0.2) is 4.79 Å². The molecule has 0 aromatic rings. The predicted octanol–water partition coefficient (Wildman–Crippen LogP) is 0.103. The molecule has 94 valence electrons. The third-order valence-corrected chi connectivity index (χ3v) is 2.17. The number of amides is 1. The molecule has 0 saturated heterocycles. The highest BCUT2D eigenvalue weighted by molar-refractivity contribution is 5.88. The van der Waals surface area contributed by atoms with Crippen LogP contribution in [-0.2, 0) is 9.59 Å². The summed E-state index contributed by atoms with van der Waals surface area (Å²) in [5, 5.41) is 9.95. The van der Waals surface area contributed by atoms with Crippen molar-refractivity contribution in [3.63, 3.8) is 0 Å². The highest BCUT2D eigenvalue weighted by Gasteiger charge is 2.58. The molecule has 16 heavy (non-hydrogen) atoms. The number of nitrogens with one attached hydrogen (secondary N) is 1. The molecule has 2 atom stereocenters. The van der Waals surface area contributed by atoms with Crippen LogP contribution in [0.4, 0.5) is 13.2 Å². The van der Waals surface area contributed by atoms with Crippen molar-refractivity contribution < 1.29 is 27.9 Å². The molecular weight excluding hydrogens is 229 g/mol. The fraction of sp³-hybridized carbons (Fsp3) is 0.750. The van der Waals surface area contributed by atoms with Crippen molar-refractivity contribution >= 4 is 11.9 Å². The lowest BCUT2D eigenvalue weighted by atomic mass is 10.0. The van der Waals surface area contributed by atoms with E-state index in [4.69, 9.17) is 10.8 Å². The number of hydrogen-bond donors (Lipinski definition) is 3. The zero-order chi connectivity index (χ0) is 13.1. The van der Waals surface area contributed by atoms with Crippen LogP contribution in [0.1, 0.15) is 13.8 Å². The first-order valence-electron chi connectivity index (χ1n) is 4.38. The molecule has 0 heterocycles. The quantitative estimate of drug-likeness (QED) is 0.652. The molecule has 0 aromatic heterocycles. The molecule has 5 nitrogen and oxygen atoms in total. The Labute approximate surface area is 89.8 Å². The van der Waals surface area contributed by atoms with Crippen LogP contribution < -0.4 is 11.1 Å². The Kier molecular flexibility index (Phi) is 4.30. The van der Waals surface area contributed by atoms with Crippen LogP contribution in [0.15, 0.2) is 0 Å². The normalized spacial score (nSPS) is 17.4. The second-order valence-electron chi connectivity index (χ2n) is 3.55. The van der Waals surface area contributed by atoms with Crippen molar-refractivity contribution in [2.75, 3.05) is 6.54 Å². The molecule has 0 radical (unpaired) electrons. The Morgan fingerprint density at radius 3 is 2.12 bits per heavy atom. The van der Waals surface area contributed by atoms with Gasteiger partial charge in [0.25, 0.3) is 0 Å². The van der Waals surface area contributed by atoms with Gasteiger partial charge in [-0.05, 0) is 6.92 Å². The number of carbonyl (C=O) groups excluding carboxylic acids is 1. The van der Waals surface area contributed by atoms with E-state index in [2.05, 4.69) is 0 Å². The van der Waals surface area contributed by atoms with Gasteiger partial charge in [-0.15, -0.1) is 0 Å².